The highest BCUT2D eigenvalue weighted by molar-refractivity contribution is 6.39. The van der Waals surface area contributed by atoms with Crippen LogP contribution >= 0.6 is 23.2 Å². The number of pyridine rings is 1. The lowest BCUT2D eigenvalue weighted by molar-refractivity contribution is -0.116. The summed E-state index contributed by atoms with van der Waals surface area (Å²) in [5, 5.41) is 6.78. The number of rotatable bonds is 6. The number of nitrogens with zero attached hydrogens (tertiary/aromatic N) is 1. The van der Waals surface area contributed by atoms with Gasteiger partial charge in [-0.15, -0.1) is 0 Å². The van der Waals surface area contributed by atoms with Crippen LogP contribution in [0.15, 0.2) is 42.7 Å². The van der Waals surface area contributed by atoms with Gasteiger partial charge in [0, 0.05) is 31.9 Å². The van der Waals surface area contributed by atoms with Crippen molar-refractivity contribution in [3.05, 3.63) is 58.3 Å². The lowest BCUT2D eigenvalue weighted by atomic mass is 10.2. The fourth-order valence-corrected chi connectivity index (χ4v) is 2.25. The fraction of sp³-hybridized carbons (Fsp3) is 0.200. The standard InChI is InChI=1S/C15H15Cl2N3O/c16-12-2-1-3-13(17)15(12)20-14(21)6-9-19-10-11-4-7-18-8-5-11/h1-5,7-8,19H,6,9-10H2,(H,20,21). The number of carbonyl (C=O) groups is 1. The van der Waals surface area contributed by atoms with E-state index in [9.17, 15) is 4.79 Å². The molecule has 0 spiro atoms. The van der Waals surface area contributed by atoms with E-state index in [1.165, 1.54) is 0 Å². The molecule has 110 valence electrons. The molecule has 0 radical (unpaired) electrons. The Bertz CT molecular complexity index is 585. The predicted octanol–water partition coefficient (Wildman–Crippen LogP) is 3.51. The molecule has 4 nitrogen and oxygen atoms in total. The van der Waals surface area contributed by atoms with E-state index in [2.05, 4.69) is 15.6 Å². The highest BCUT2D eigenvalue weighted by Gasteiger charge is 2.09. The van der Waals surface area contributed by atoms with E-state index in [0.717, 1.165) is 5.56 Å². The van der Waals surface area contributed by atoms with Gasteiger partial charge in [-0.25, -0.2) is 0 Å². The highest BCUT2D eigenvalue weighted by Crippen LogP contribution is 2.29. The number of carbonyl (C=O) groups excluding carboxylic acids is 1. The van der Waals surface area contributed by atoms with Gasteiger partial charge in [0.05, 0.1) is 15.7 Å². The molecule has 0 aliphatic carbocycles. The molecule has 1 amide bonds. The average molecular weight is 324 g/mol. The van der Waals surface area contributed by atoms with Crippen LogP contribution in [0.4, 0.5) is 5.69 Å². The van der Waals surface area contributed by atoms with E-state index in [0.29, 0.717) is 35.2 Å². The zero-order valence-corrected chi connectivity index (χ0v) is 12.8. The zero-order chi connectivity index (χ0) is 15.1. The van der Waals surface area contributed by atoms with Crippen LogP contribution in [0.3, 0.4) is 0 Å². The Morgan fingerprint density at radius 2 is 1.76 bits per heavy atom. The smallest absolute Gasteiger partial charge is 0.225 e. The number of para-hydroxylation sites is 1. The first-order chi connectivity index (χ1) is 10.2. The molecule has 2 rings (SSSR count). The summed E-state index contributed by atoms with van der Waals surface area (Å²) in [6.45, 7) is 1.26. The summed E-state index contributed by atoms with van der Waals surface area (Å²) in [6.07, 6.45) is 3.82. The topological polar surface area (TPSA) is 54.0 Å². The summed E-state index contributed by atoms with van der Waals surface area (Å²) in [5.74, 6) is -0.132. The number of nitrogens with one attached hydrogen (secondary N) is 2. The van der Waals surface area contributed by atoms with Crippen LogP contribution in [-0.4, -0.2) is 17.4 Å². The Kier molecular flexibility index (Phi) is 5.99. The molecule has 0 fully saturated rings. The molecule has 0 atom stereocenters. The number of hydrogen-bond donors (Lipinski definition) is 2. The van der Waals surface area contributed by atoms with Crippen LogP contribution in [0, 0.1) is 0 Å². The third-order valence-corrected chi connectivity index (χ3v) is 3.46. The van der Waals surface area contributed by atoms with Crippen molar-refractivity contribution < 1.29 is 4.79 Å². The second-order valence-electron chi connectivity index (χ2n) is 4.43. The molecule has 1 aromatic heterocycles. The van der Waals surface area contributed by atoms with Crippen LogP contribution in [0.25, 0.3) is 0 Å². The Morgan fingerprint density at radius 1 is 1.10 bits per heavy atom. The van der Waals surface area contributed by atoms with Gasteiger partial charge in [-0.3, -0.25) is 9.78 Å². The van der Waals surface area contributed by atoms with Crippen LogP contribution in [0.1, 0.15) is 12.0 Å². The molecular weight excluding hydrogens is 309 g/mol. The SMILES string of the molecule is O=C(CCNCc1ccncc1)Nc1c(Cl)cccc1Cl. The number of halogens is 2. The average Bonchev–Trinajstić information content (AvgIpc) is 2.49. The van der Waals surface area contributed by atoms with Crippen molar-refractivity contribution in [3.63, 3.8) is 0 Å². The third kappa shape index (κ3) is 5.01. The fourth-order valence-electron chi connectivity index (χ4n) is 1.75. The second kappa shape index (κ2) is 7.98. The van der Waals surface area contributed by atoms with E-state index >= 15 is 0 Å². The van der Waals surface area contributed by atoms with Gasteiger partial charge in [0.15, 0.2) is 0 Å². The Morgan fingerprint density at radius 3 is 2.43 bits per heavy atom. The molecule has 2 aromatic rings. The van der Waals surface area contributed by atoms with Crippen molar-refractivity contribution in [2.75, 3.05) is 11.9 Å². The molecule has 0 aliphatic heterocycles. The third-order valence-electron chi connectivity index (χ3n) is 2.83. The van der Waals surface area contributed by atoms with Crippen molar-refractivity contribution in [2.24, 2.45) is 0 Å². The first-order valence-electron chi connectivity index (χ1n) is 6.50. The molecule has 21 heavy (non-hydrogen) atoms. The maximum Gasteiger partial charge on any atom is 0.225 e. The first-order valence-corrected chi connectivity index (χ1v) is 7.26. The van der Waals surface area contributed by atoms with Gasteiger partial charge < -0.3 is 10.6 Å². The zero-order valence-electron chi connectivity index (χ0n) is 11.3. The minimum absolute atomic E-state index is 0.132. The van der Waals surface area contributed by atoms with Crippen LogP contribution in [0.5, 0.6) is 0 Å². The molecule has 0 saturated carbocycles. The Labute approximate surface area is 133 Å². The van der Waals surface area contributed by atoms with Gasteiger partial charge in [-0.2, -0.15) is 0 Å². The van der Waals surface area contributed by atoms with Crippen molar-refractivity contribution >= 4 is 34.8 Å². The van der Waals surface area contributed by atoms with Gasteiger partial charge in [0.1, 0.15) is 0 Å². The van der Waals surface area contributed by atoms with Crippen molar-refractivity contribution in [1.82, 2.24) is 10.3 Å². The lowest BCUT2D eigenvalue weighted by Gasteiger charge is -2.09. The quantitative estimate of drug-likeness (QED) is 0.800. The number of benzene rings is 1. The van der Waals surface area contributed by atoms with Crippen molar-refractivity contribution in [3.8, 4) is 0 Å². The van der Waals surface area contributed by atoms with E-state index in [-0.39, 0.29) is 5.91 Å². The minimum Gasteiger partial charge on any atom is -0.324 e. The normalized spacial score (nSPS) is 10.4. The monoisotopic (exact) mass is 323 g/mol. The van der Waals surface area contributed by atoms with Crippen LogP contribution in [-0.2, 0) is 11.3 Å². The van der Waals surface area contributed by atoms with E-state index in [4.69, 9.17) is 23.2 Å². The second-order valence-corrected chi connectivity index (χ2v) is 5.24. The van der Waals surface area contributed by atoms with Gasteiger partial charge in [-0.05, 0) is 29.8 Å². The largest absolute Gasteiger partial charge is 0.324 e. The van der Waals surface area contributed by atoms with Crippen LogP contribution < -0.4 is 10.6 Å². The van der Waals surface area contributed by atoms with E-state index < -0.39 is 0 Å². The molecule has 6 heteroatoms. The van der Waals surface area contributed by atoms with Crippen LogP contribution in [0.2, 0.25) is 10.0 Å². The highest BCUT2D eigenvalue weighted by atomic mass is 35.5. The Balaban J connectivity index is 1.75. The molecule has 2 N–H and O–H groups in total. The van der Waals surface area contributed by atoms with Gasteiger partial charge >= 0.3 is 0 Å². The van der Waals surface area contributed by atoms with Crippen molar-refractivity contribution in [2.45, 2.75) is 13.0 Å². The molecule has 0 bridgehead atoms. The molecule has 0 unspecified atom stereocenters. The van der Waals surface area contributed by atoms with Gasteiger partial charge in [0.2, 0.25) is 5.91 Å². The van der Waals surface area contributed by atoms with E-state index in [1.807, 2.05) is 12.1 Å². The number of amides is 1. The molecule has 1 heterocycles. The predicted molar refractivity (Wildman–Crippen MR) is 85.7 cm³/mol. The summed E-state index contributed by atoms with van der Waals surface area (Å²) in [6, 6.07) is 8.96. The van der Waals surface area contributed by atoms with Gasteiger partial charge in [-0.1, -0.05) is 29.3 Å². The molecule has 0 saturated heterocycles. The Hall–Kier alpha value is -1.62. The summed E-state index contributed by atoms with van der Waals surface area (Å²) >= 11 is 12.0. The van der Waals surface area contributed by atoms with E-state index in [1.54, 1.807) is 30.6 Å². The molecular formula is C15H15Cl2N3O. The number of anilines is 1. The van der Waals surface area contributed by atoms with Crippen molar-refractivity contribution in [1.29, 1.82) is 0 Å². The summed E-state index contributed by atoms with van der Waals surface area (Å²) in [5.41, 5.74) is 1.58. The summed E-state index contributed by atoms with van der Waals surface area (Å²) in [4.78, 5) is 15.8. The summed E-state index contributed by atoms with van der Waals surface area (Å²) < 4.78 is 0. The number of aromatic nitrogens is 1. The maximum atomic E-state index is 11.8. The lowest BCUT2D eigenvalue weighted by Crippen LogP contribution is -2.21. The summed E-state index contributed by atoms with van der Waals surface area (Å²) in [7, 11) is 0. The molecule has 0 aliphatic rings. The maximum absolute atomic E-state index is 11.8. The van der Waals surface area contributed by atoms with Gasteiger partial charge in [0.25, 0.3) is 0 Å². The molecule has 1 aromatic carbocycles. The first kappa shape index (κ1) is 15.8. The number of hydrogen-bond acceptors (Lipinski definition) is 3. The minimum atomic E-state index is -0.132.